The van der Waals surface area contributed by atoms with E-state index in [-0.39, 0.29) is 0 Å². The van der Waals surface area contributed by atoms with E-state index in [1.54, 1.807) is 0 Å². The molecule has 256 valence electrons. The van der Waals surface area contributed by atoms with Crippen molar-refractivity contribution in [2.24, 2.45) is 0 Å². The first-order valence-corrected chi connectivity index (χ1v) is 18.5. The number of aromatic nitrogens is 3. The van der Waals surface area contributed by atoms with Gasteiger partial charge in [-0.15, -0.1) is 0 Å². The van der Waals surface area contributed by atoms with Gasteiger partial charge in [-0.3, -0.25) is 0 Å². The fourth-order valence-electron chi connectivity index (χ4n) is 8.24. The first-order valence-electron chi connectivity index (χ1n) is 18.5. The summed E-state index contributed by atoms with van der Waals surface area (Å²) >= 11 is 0. The number of nitrogens with zero attached hydrogens (tertiary/aromatic N) is 3. The van der Waals surface area contributed by atoms with Crippen LogP contribution in [0, 0.1) is 0 Å². The molecule has 0 aliphatic heterocycles. The van der Waals surface area contributed by atoms with Crippen molar-refractivity contribution < 1.29 is 4.42 Å². The van der Waals surface area contributed by atoms with E-state index in [0.29, 0.717) is 17.5 Å². The molecule has 0 radical (unpaired) electrons. The maximum Gasteiger partial charge on any atom is 0.164 e. The van der Waals surface area contributed by atoms with Crippen LogP contribution in [0.4, 0.5) is 0 Å². The molecule has 0 bridgehead atoms. The molecule has 4 nitrogen and oxygen atoms in total. The van der Waals surface area contributed by atoms with Crippen molar-refractivity contribution in [3.05, 3.63) is 188 Å². The molecule has 0 saturated carbocycles. The van der Waals surface area contributed by atoms with Crippen LogP contribution >= 0.6 is 0 Å². The average molecular weight is 702 g/mol. The minimum Gasteiger partial charge on any atom is -0.456 e. The molecule has 0 fully saturated rings. The van der Waals surface area contributed by atoms with Crippen LogP contribution in [0.1, 0.15) is 0 Å². The summed E-state index contributed by atoms with van der Waals surface area (Å²) in [5, 5.41) is 9.29. The molecule has 2 aromatic heterocycles. The Kier molecular flexibility index (Phi) is 7.14. The Morgan fingerprint density at radius 1 is 0.291 bits per heavy atom. The molecule has 2 heterocycles. The summed E-state index contributed by atoms with van der Waals surface area (Å²) in [5.74, 6) is 1.79. The number of fused-ring (bicyclic) bond motifs is 8. The third kappa shape index (κ3) is 5.11. The molecule has 55 heavy (non-hydrogen) atoms. The second-order valence-electron chi connectivity index (χ2n) is 13.9. The number of para-hydroxylation sites is 1. The van der Waals surface area contributed by atoms with Gasteiger partial charge in [0.2, 0.25) is 0 Å². The monoisotopic (exact) mass is 701 g/mol. The minimum absolute atomic E-state index is 0.587. The Morgan fingerprint density at radius 2 is 0.818 bits per heavy atom. The van der Waals surface area contributed by atoms with Gasteiger partial charge in [0.05, 0.1) is 0 Å². The van der Waals surface area contributed by atoms with E-state index in [0.717, 1.165) is 60.9 Å². The Balaban J connectivity index is 1.21. The Labute approximate surface area is 317 Å². The van der Waals surface area contributed by atoms with Gasteiger partial charge in [0.1, 0.15) is 11.2 Å². The Morgan fingerprint density at radius 3 is 1.60 bits per heavy atom. The molecule has 0 atom stereocenters. The van der Waals surface area contributed by atoms with E-state index in [2.05, 4.69) is 152 Å². The highest BCUT2D eigenvalue weighted by Gasteiger charge is 2.21. The molecule has 0 aliphatic rings. The van der Waals surface area contributed by atoms with Crippen molar-refractivity contribution >= 4 is 54.3 Å². The molecule has 0 aliphatic carbocycles. The van der Waals surface area contributed by atoms with Crippen LogP contribution in [-0.2, 0) is 0 Å². The van der Waals surface area contributed by atoms with Crippen LogP contribution in [0.2, 0.25) is 0 Å². The molecule has 0 spiro atoms. The lowest BCUT2D eigenvalue weighted by atomic mass is 9.89. The highest BCUT2D eigenvalue weighted by atomic mass is 16.3. The van der Waals surface area contributed by atoms with Gasteiger partial charge < -0.3 is 4.42 Å². The molecule has 11 rings (SSSR count). The van der Waals surface area contributed by atoms with Gasteiger partial charge >= 0.3 is 0 Å². The highest BCUT2D eigenvalue weighted by Crippen LogP contribution is 2.42. The molecule has 11 aromatic rings. The molecule has 0 N–H and O–H groups in total. The lowest BCUT2D eigenvalue weighted by Crippen LogP contribution is -2.02. The van der Waals surface area contributed by atoms with Crippen molar-refractivity contribution in [1.82, 2.24) is 15.0 Å². The number of hydrogen-bond acceptors (Lipinski definition) is 4. The van der Waals surface area contributed by atoms with Crippen LogP contribution < -0.4 is 0 Å². The van der Waals surface area contributed by atoms with Gasteiger partial charge in [0, 0.05) is 27.5 Å². The van der Waals surface area contributed by atoms with Crippen molar-refractivity contribution in [1.29, 1.82) is 0 Å². The first kappa shape index (κ1) is 31.1. The lowest BCUT2D eigenvalue weighted by Gasteiger charge is -2.16. The van der Waals surface area contributed by atoms with Gasteiger partial charge in [0.15, 0.2) is 17.5 Å². The van der Waals surface area contributed by atoms with Gasteiger partial charge in [-0.1, -0.05) is 170 Å². The standard InChI is InChI=1S/C51H31N3O/c1-2-15-32(16-3-1)34-18-6-10-23-40(34)49-52-50(54-51(53-49)43-26-14-28-47-48(43)42-25-12-13-27-46(42)55-47)41-24-11-9-22-38(41)45-31-44-35-19-5-4-17-33(35)29-30-39(44)36-20-7-8-21-37(36)45/h1-31H. The van der Waals surface area contributed by atoms with Crippen molar-refractivity contribution in [2.75, 3.05) is 0 Å². The topological polar surface area (TPSA) is 51.8 Å². The van der Waals surface area contributed by atoms with Crippen LogP contribution in [0.15, 0.2) is 192 Å². The maximum atomic E-state index is 6.33. The largest absolute Gasteiger partial charge is 0.456 e. The zero-order valence-electron chi connectivity index (χ0n) is 29.6. The van der Waals surface area contributed by atoms with Crippen molar-refractivity contribution in [2.45, 2.75) is 0 Å². The number of hydrogen-bond donors (Lipinski definition) is 0. The SMILES string of the molecule is c1ccc(-c2ccccc2-c2nc(-c3ccccc3-c3cc4c5ccccc5ccc4c4ccccc34)nc(-c3cccc4oc5ccccc5c34)n2)cc1. The van der Waals surface area contributed by atoms with Crippen LogP contribution in [0.5, 0.6) is 0 Å². The normalized spacial score (nSPS) is 11.6. The van der Waals surface area contributed by atoms with Gasteiger partial charge in [-0.05, 0) is 72.8 Å². The van der Waals surface area contributed by atoms with Crippen molar-refractivity contribution in [3.63, 3.8) is 0 Å². The molecule has 0 amide bonds. The molecule has 4 heteroatoms. The highest BCUT2D eigenvalue weighted by molar-refractivity contribution is 6.21. The first-order chi connectivity index (χ1) is 27.3. The summed E-state index contributed by atoms with van der Waals surface area (Å²) in [4.78, 5) is 16.0. The summed E-state index contributed by atoms with van der Waals surface area (Å²) in [7, 11) is 0. The van der Waals surface area contributed by atoms with E-state index in [4.69, 9.17) is 19.4 Å². The summed E-state index contributed by atoms with van der Waals surface area (Å²) in [5.41, 5.74) is 8.72. The fraction of sp³-hybridized carbons (Fsp3) is 0. The second-order valence-corrected chi connectivity index (χ2v) is 13.9. The van der Waals surface area contributed by atoms with Crippen LogP contribution in [-0.4, -0.2) is 15.0 Å². The quantitative estimate of drug-likeness (QED) is 0.168. The van der Waals surface area contributed by atoms with Crippen LogP contribution in [0.3, 0.4) is 0 Å². The van der Waals surface area contributed by atoms with Gasteiger partial charge in [-0.25, -0.2) is 15.0 Å². The molecule has 0 saturated heterocycles. The smallest absolute Gasteiger partial charge is 0.164 e. The number of rotatable bonds is 5. The second kappa shape index (κ2) is 12.6. The number of furan rings is 1. The van der Waals surface area contributed by atoms with Crippen LogP contribution in [0.25, 0.3) is 111 Å². The lowest BCUT2D eigenvalue weighted by molar-refractivity contribution is 0.669. The average Bonchev–Trinajstić information content (AvgIpc) is 3.65. The molecule has 0 unspecified atom stereocenters. The third-order valence-corrected chi connectivity index (χ3v) is 10.8. The third-order valence-electron chi connectivity index (χ3n) is 10.8. The van der Waals surface area contributed by atoms with Crippen molar-refractivity contribution in [3.8, 4) is 56.4 Å². The zero-order chi connectivity index (χ0) is 36.3. The molecule has 9 aromatic carbocycles. The Hall–Kier alpha value is -7.43. The predicted octanol–water partition coefficient (Wildman–Crippen LogP) is 13.6. The summed E-state index contributed by atoms with van der Waals surface area (Å²) in [6.07, 6.45) is 0. The van der Waals surface area contributed by atoms with E-state index in [1.165, 1.54) is 32.3 Å². The Bertz CT molecular complexity index is 3270. The fourth-order valence-corrected chi connectivity index (χ4v) is 8.24. The molecular weight excluding hydrogens is 671 g/mol. The number of benzene rings is 9. The predicted molar refractivity (Wildman–Crippen MR) is 227 cm³/mol. The minimum atomic E-state index is 0.587. The molecular formula is C51H31N3O. The van der Waals surface area contributed by atoms with E-state index < -0.39 is 0 Å². The van der Waals surface area contributed by atoms with Gasteiger partial charge in [-0.2, -0.15) is 0 Å². The van der Waals surface area contributed by atoms with E-state index in [1.807, 2.05) is 36.4 Å². The zero-order valence-corrected chi connectivity index (χ0v) is 29.6. The summed E-state index contributed by atoms with van der Waals surface area (Å²) in [6.45, 7) is 0. The van der Waals surface area contributed by atoms with E-state index >= 15 is 0 Å². The van der Waals surface area contributed by atoms with E-state index in [9.17, 15) is 0 Å². The maximum absolute atomic E-state index is 6.33. The summed E-state index contributed by atoms with van der Waals surface area (Å²) in [6, 6.07) is 65.7. The van der Waals surface area contributed by atoms with Gasteiger partial charge in [0.25, 0.3) is 0 Å². The summed E-state index contributed by atoms with van der Waals surface area (Å²) < 4.78 is 6.33.